The molecule has 2 rings (SSSR count). The molecule has 154 valence electrons. The minimum absolute atomic E-state index is 0.128. The summed E-state index contributed by atoms with van der Waals surface area (Å²) < 4.78 is 0. The van der Waals surface area contributed by atoms with Gasteiger partial charge >= 0.3 is 0 Å². The van der Waals surface area contributed by atoms with Gasteiger partial charge < -0.3 is 5.32 Å². The third kappa shape index (κ3) is 7.40. The first-order chi connectivity index (χ1) is 13.8. The average molecular weight is 436 g/mol. The Hall–Kier alpha value is -2.57. The lowest BCUT2D eigenvalue weighted by atomic mass is 10.0. The molecule has 1 atom stereocenters. The van der Waals surface area contributed by atoms with E-state index in [1.165, 1.54) is 12.1 Å². The second kappa shape index (κ2) is 10.8. The van der Waals surface area contributed by atoms with E-state index in [4.69, 9.17) is 23.2 Å². The average Bonchev–Trinajstić information content (AvgIpc) is 2.66. The molecule has 1 unspecified atom stereocenters. The Morgan fingerprint density at radius 1 is 0.966 bits per heavy atom. The summed E-state index contributed by atoms with van der Waals surface area (Å²) >= 11 is 11.9. The molecule has 0 saturated heterocycles. The van der Waals surface area contributed by atoms with E-state index in [0.717, 1.165) is 5.56 Å². The molecule has 3 amide bonds. The summed E-state index contributed by atoms with van der Waals surface area (Å²) in [7, 11) is 0. The van der Waals surface area contributed by atoms with Crippen molar-refractivity contribution in [2.24, 2.45) is 5.92 Å². The Balaban J connectivity index is 1.98. The molecule has 0 aliphatic rings. The van der Waals surface area contributed by atoms with Crippen LogP contribution in [-0.2, 0) is 16.0 Å². The van der Waals surface area contributed by atoms with Crippen LogP contribution in [0.1, 0.15) is 36.2 Å². The SMILES string of the molecule is CC(C)CC(NC(=O)c1ccc(Cl)cc1Cl)C(=O)NNC(=O)Cc1ccccc1. The largest absolute Gasteiger partial charge is 0.340 e. The van der Waals surface area contributed by atoms with Crippen LogP contribution >= 0.6 is 23.2 Å². The summed E-state index contributed by atoms with van der Waals surface area (Å²) in [5, 5.41) is 3.26. The van der Waals surface area contributed by atoms with Crippen molar-refractivity contribution < 1.29 is 14.4 Å². The number of benzene rings is 2. The van der Waals surface area contributed by atoms with Gasteiger partial charge in [-0.2, -0.15) is 0 Å². The van der Waals surface area contributed by atoms with E-state index >= 15 is 0 Å². The van der Waals surface area contributed by atoms with E-state index in [9.17, 15) is 14.4 Å². The van der Waals surface area contributed by atoms with Gasteiger partial charge in [-0.05, 0) is 36.1 Å². The third-order valence-corrected chi connectivity index (χ3v) is 4.59. The normalized spacial score (nSPS) is 11.6. The maximum Gasteiger partial charge on any atom is 0.260 e. The first-order valence-electron chi connectivity index (χ1n) is 9.14. The molecule has 0 aromatic heterocycles. The van der Waals surface area contributed by atoms with E-state index in [1.807, 2.05) is 44.2 Å². The van der Waals surface area contributed by atoms with Gasteiger partial charge in [-0.3, -0.25) is 25.2 Å². The van der Waals surface area contributed by atoms with Crippen LogP contribution in [0, 0.1) is 5.92 Å². The van der Waals surface area contributed by atoms with Crippen molar-refractivity contribution in [2.45, 2.75) is 32.7 Å². The Labute approximate surface area is 179 Å². The van der Waals surface area contributed by atoms with Crippen LogP contribution in [0.25, 0.3) is 0 Å². The monoisotopic (exact) mass is 435 g/mol. The van der Waals surface area contributed by atoms with Crippen LogP contribution in [0.5, 0.6) is 0 Å². The van der Waals surface area contributed by atoms with Gasteiger partial charge in [0.2, 0.25) is 5.91 Å². The number of hydrogen-bond donors (Lipinski definition) is 3. The Morgan fingerprint density at radius 3 is 2.28 bits per heavy atom. The van der Waals surface area contributed by atoms with Crippen LogP contribution < -0.4 is 16.2 Å². The van der Waals surface area contributed by atoms with Crippen LogP contribution in [0.4, 0.5) is 0 Å². The molecular weight excluding hydrogens is 413 g/mol. The van der Waals surface area contributed by atoms with Gasteiger partial charge in [0, 0.05) is 5.02 Å². The van der Waals surface area contributed by atoms with E-state index < -0.39 is 17.9 Å². The zero-order chi connectivity index (χ0) is 21.4. The Bertz CT molecular complexity index is 873. The Kier molecular flexibility index (Phi) is 8.49. The van der Waals surface area contributed by atoms with Crippen molar-refractivity contribution in [1.29, 1.82) is 0 Å². The molecule has 2 aromatic carbocycles. The number of carbonyl (C=O) groups excluding carboxylic acids is 3. The number of hydrogen-bond acceptors (Lipinski definition) is 3. The smallest absolute Gasteiger partial charge is 0.260 e. The fourth-order valence-corrected chi connectivity index (χ4v) is 3.15. The third-order valence-electron chi connectivity index (χ3n) is 4.04. The predicted molar refractivity (Wildman–Crippen MR) is 114 cm³/mol. The quantitative estimate of drug-likeness (QED) is 0.581. The van der Waals surface area contributed by atoms with Crippen LogP contribution in [0.2, 0.25) is 10.0 Å². The molecule has 0 heterocycles. The number of hydrazine groups is 1. The van der Waals surface area contributed by atoms with Crippen molar-refractivity contribution in [3.8, 4) is 0 Å². The number of carbonyl (C=O) groups is 3. The van der Waals surface area contributed by atoms with Gasteiger partial charge in [0.1, 0.15) is 6.04 Å². The van der Waals surface area contributed by atoms with Crippen molar-refractivity contribution in [2.75, 3.05) is 0 Å². The summed E-state index contributed by atoms with van der Waals surface area (Å²) in [5.41, 5.74) is 5.80. The lowest BCUT2D eigenvalue weighted by molar-refractivity contribution is -0.129. The number of halogens is 2. The second-order valence-corrected chi connectivity index (χ2v) is 7.82. The molecule has 0 fully saturated rings. The summed E-state index contributed by atoms with van der Waals surface area (Å²) in [6.45, 7) is 3.85. The van der Waals surface area contributed by atoms with Gasteiger partial charge in [0.15, 0.2) is 0 Å². The molecule has 3 N–H and O–H groups in total. The van der Waals surface area contributed by atoms with E-state index in [0.29, 0.717) is 11.4 Å². The molecule has 6 nitrogen and oxygen atoms in total. The number of amides is 3. The summed E-state index contributed by atoms with van der Waals surface area (Å²) in [4.78, 5) is 37.1. The standard InChI is InChI=1S/C21H23Cl2N3O3/c1-13(2)10-18(24-20(28)16-9-8-15(22)12-17(16)23)21(29)26-25-19(27)11-14-6-4-3-5-7-14/h3-9,12-13,18H,10-11H2,1-2H3,(H,24,28)(H,25,27)(H,26,29). The predicted octanol–water partition coefficient (Wildman–Crippen LogP) is 3.53. The fourth-order valence-electron chi connectivity index (χ4n) is 2.66. The summed E-state index contributed by atoms with van der Waals surface area (Å²) in [6, 6.07) is 12.8. The van der Waals surface area contributed by atoms with Gasteiger partial charge in [-0.1, -0.05) is 67.4 Å². The molecule has 2 aromatic rings. The highest BCUT2D eigenvalue weighted by molar-refractivity contribution is 6.36. The molecule has 0 bridgehead atoms. The highest BCUT2D eigenvalue weighted by Crippen LogP contribution is 2.21. The molecule has 8 heteroatoms. The first-order valence-corrected chi connectivity index (χ1v) is 9.90. The minimum atomic E-state index is -0.841. The maximum absolute atomic E-state index is 12.5. The van der Waals surface area contributed by atoms with E-state index in [-0.39, 0.29) is 28.8 Å². The van der Waals surface area contributed by atoms with Gasteiger partial charge in [-0.15, -0.1) is 0 Å². The fraction of sp³-hybridized carbons (Fsp3) is 0.286. The molecule has 29 heavy (non-hydrogen) atoms. The topological polar surface area (TPSA) is 87.3 Å². The maximum atomic E-state index is 12.5. The van der Waals surface area contributed by atoms with Crippen molar-refractivity contribution >= 4 is 40.9 Å². The van der Waals surface area contributed by atoms with E-state index in [1.54, 1.807) is 6.07 Å². The molecule has 0 aliphatic carbocycles. The molecule has 0 saturated carbocycles. The molecule has 0 aliphatic heterocycles. The van der Waals surface area contributed by atoms with Crippen LogP contribution in [-0.4, -0.2) is 23.8 Å². The number of rotatable bonds is 7. The zero-order valence-electron chi connectivity index (χ0n) is 16.2. The number of nitrogens with one attached hydrogen (secondary N) is 3. The van der Waals surface area contributed by atoms with Crippen LogP contribution in [0.3, 0.4) is 0 Å². The Morgan fingerprint density at radius 2 is 1.66 bits per heavy atom. The van der Waals surface area contributed by atoms with Crippen molar-refractivity contribution in [3.05, 3.63) is 69.7 Å². The zero-order valence-corrected chi connectivity index (χ0v) is 17.7. The lowest BCUT2D eigenvalue weighted by Gasteiger charge is -2.20. The summed E-state index contributed by atoms with van der Waals surface area (Å²) in [5.74, 6) is -1.24. The van der Waals surface area contributed by atoms with Gasteiger partial charge in [-0.25, -0.2) is 0 Å². The van der Waals surface area contributed by atoms with Crippen molar-refractivity contribution in [3.63, 3.8) is 0 Å². The van der Waals surface area contributed by atoms with Gasteiger partial charge in [0.25, 0.3) is 11.8 Å². The summed E-state index contributed by atoms with van der Waals surface area (Å²) in [6.07, 6.45) is 0.514. The molecular formula is C21H23Cl2N3O3. The van der Waals surface area contributed by atoms with Gasteiger partial charge in [0.05, 0.1) is 17.0 Å². The van der Waals surface area contributed by atoms with E-state index in [2.05, 4.69) is 16.2 Å². The molecule has 0 radical (unpaired) electrons. The minimum Gasteiger partial charge on any atom is -0.340 e. The van der Waals surface area contributed by atoms with Crippen molar-refractivity contribution in [1.82, 2.24) is 16.2 Å². The second-order valence-electron chi connectivity index (χ2n) is 6.98. The lowest BCUT2D eigenvalue weighted by Crippen LogP contribution is -2.53. The highest BCUT2D eigenvalue weighted by atomic mass is 35.5. The molecule has 0 spiro atoms. The highest BCUT2D eigenvalue weighted by Gasteiger charge is 2.24. The first kappa shape index (κ1) is 22.7. The van der Waals surface area contributed by atoms with Crippen LogP contribution in [0.15, 0.2) is 48.5 Å².